The van der Waals surface area contributed by atoms with Crippen molar-refractivity contribution in [1.82, 2.24) is 4.90 Å². The van der Waals surface area contributed by atoms with Crippen LogP contribution in [0.2, 0.25) is 0 Å². The number of morpholine rings is 1. The van der Waals surface area contributed by atoms with E-state index in [-0.39, 0.29) is 18.0 Å². The molecule has 1 fully saturated rings. The Balaban J connectivity index is 0.00000133. The molecule has 0 aliphatic carbocycles. The average molecular weight is 283 g/mol. The monoisotopic (exact) mass is 282 g/mol. The first-order chi connectivity index (χ1) is 8.64. The lowest BCUT2D eigenvalue weighted by Crippen LogP contribution is -2.47. The summed E-state index contributed by atoms with van der Waals surface area (Å²) >= 11 is 0. The van der Waals surface area contributed by atoms with Crippen LogP contribution in [-0.4, -0.2) is 36.7 Å². The van der Waals surface area contributed by atoms with E-state index in [2.05, 4.69) is 42.3 Å². The van der Waals surface area contributed by atoms with Crippen LogP contribution >= 0.6 is 12.4 Å². The van der Waals surface area contributed by atoms with Crippen LogP contribution < -0.4 is 5.32 Å². The van der Waals surface area contributed by atoms with E-state index in [9.17, 15) is 0 Å². The van der Waals surface area contributed by atoms with Gasteiger partial charge in [0, 0.05) is 31.9 Å². The summed E-state index contributed by atoms with van der Waals surface area (Å²) < 4.78 is 5.77. The fraction of sp³-hybridized carbons (Fsp3) is 0.600. The van der Waals surface area contributed by atoms with E-state index >= 15 is 0 Å². The van der Waals surface area contributed by atoms with Crippen LogP contribution in [0.25, 0.3) is 0 Å². The molecular formula is C15H23ClN2O. The summed E-state index contributed by atoms with van der Waals surface area (Å²) in [5.74, 6) is 0. The van der Waals surface area contributed by atoms with Crippen molar-refractivity contribution in [2.24, 2.45) is 0 Å². The van der Waals surface area contributed by atoms with Gasteiger partial charge in [-0.1, -0.05) is 18.2 Å². The van der Waals surface area contributed by atoms with E-state index in [0.717, 1.165) is 39.2 Å². The van der Waals surface area contributed by atoms with Crippen molar-refractivity contribution >= 4 is 18.1 Å². The number of benzene rings is 1. The molecule has 1 aromatic carbocycles. The molecule has 0 atom stereocenters. The zero-order valence-electron chi connectivity index (χ0n) is 11.7. The molecule has 0 spiro atoms. The van der Waals surface area contributed by atoms with Crippen molar-refractivity contribution in [3.63, 3.8) is 0 Å². The van der Waals surface area contributed by atoms with Crippen molar-refractivity contribution in [3.05, 3.63) is 29.3 Å². The molecule has 1 saturated heterocycles. The number of nitrogens with zero attached hydrogens (tertiary/aromatic N) is 1. The molecule has 106 valence electrons. The molecule has 0 unspecified atom stereocenters. The summed E-state index contributed by atoms with van der Waals surface area (Å²) in [7, 11) is 0. The summed E-state index contributed by atoms with van der Waals surface area (Å²) in [4.78, 5) is 2.50. The predicted octanol–water partition coefficient (Wildman–Crippen LogP) is 2.69. The van der Waals surface area contributed by atoms with Gasteiger partial charge >= 0.3 is 0 Å². The largest absolute Gasteiger partial charge is 0.384 e. The van der Waals surface area contributed by atoms with Crippen LogP contribution in [0.4, 0.5) is 5.69 Å². The van der Waals surface area contributed by atoms with Crippen LogP contribution in [0, 0.1) is 0 Å². The van der Waals surface area contributed by atoms with Gasteiger partial charge < -0.3 is 10.1 Å². The minimum Gasteiger partial charge on any atom is -0.384 e. The summed E-state index contributed by atoms with van der Waals surface area (Å²) in [6.45, 7) is 9.35. The van der Waals surface area contributed by atoms with Gasteiger partial charge in [-0.25, -0.2) is 0 Å². The number of halogens is 1. The molecule has 2 heterocycles. The van der Waals surface area contributed by atoms with E-state index in [0.29, 0.717) is 0 Å². The highest BCUT2D eigenvalue weighted by Gasteiger charge is 2.27. The Morgan fingerprint density at radius 3 is 3.00 bits per heavy atom. The number of fused-ring (bicyclic) bond motifs is 1. The number of hydrogen-bond acceptors (Lipinski definition) is 3. The molecule has 0 saturated carbocycles. The summed E-state index contributed by atoms with van der Waals surface area (Å²) in [6.07, 6.45) is 1.16. The maximum Gasteiger partial charge on any atom is 0.0753 e. The van der Waals surface area contributed by atoms with Gasteiger partial charge in [-0.05, 0) is 31.4 Å². The second-order valence-corrected chi connectivity index (χ2v) is 5.95. The van der Waals surface area contributed by atoms with Crippen LogP contribution in [0.5, 0.6) is 0 Å². The van der Waals surface area contributed by atoms with Gasteiger partial charge in [0.05, 0.1) is 12.2 Å². The van der Waals surface area contributed by atoms with E-state index in [1.807, 2.05) is 0 Å². The van der Waals surface area contributed by atoms with Gasteiger partial charge in [-0.2, -0.15) is 0 Å². The van der Waals surface area contributed by atoms with Gasteiger partial charge in [0.1, 0.15) is 0 Å². The topological polar surface area (TPSA) is 24.5 Å². The second-order valence-electron chi connectivity index (χ2n) is 5.95. The van der Waals surface area contributed by atoms with Crippen LogP contribution in [-0.2, 0) is 17.7 Å². The molecule has 4 heteroatoms. The number of hydrogen-bond donors (Lipinski definition) is 1. The first-order valence-corrected chi connectivity index (χ1v) is 6.85. The molecule has 1 aromatic rings. The number of nitrogens with one attached hydrogen (secondary N) is 1. The smallest absolute Gasteiger partial charge is 0.0753 e. The van der Waals surface area contributed by atoms with Crippen molar-refractivity contribution in [2.75, 3.05) is 31.6 Å². The number of anilines is 1. The Bertz CT molecular complexity index is 448. The zero-order valence-corrected chi connectivity index (χ0v) is 12.6. The average Bonchev–Trinajstić information content (AvgIpc) is 2.77. The summed E-state index contributed by atoms with van der Waals surface area (Å²) in [6, 6.07) is 6.68. The molecule has 3 nitrogen and oxygen atoms in total. The lowest BCUT2D eigenvalue weighted by atomic mass is 10.0. The molecule has 3 rings (SSSR count). The molecule has 0 radical (unpaired) electrons. The molecule has 1 N–H and O–H groups in total. The first-order valence-electron chi connectivity index (χ1n) is 6.85. The molecule has 2 aliphatic heterocycles. The summed E-state index contributed by atoms with van der Waals surface area (Å²) in [5.41, 5.74) is 4.27. The van der Waals surface area contributed by atoms with Crippen molar-refractivity contribution in [3.8, 4) is 0 Å². The molecule has 0 bridgehead atoms. The standard InChI is InChI=1S/C15H22N2O.ClH/c1-15(2)11-17(8-9-18-15)10-13-5-3-4-12-6-7-16-14(12)13;/h3-5,16H,6-11H2,1-2H3;1H. The van der Waals surface area contributed by atoms with Gasteiger partial charge in [-0.15, -0.1) is 12.4 Å². The van der Waals surface area contributed by atoms with Crippen molar-refractivity contribution < 1.29 is 4.74 Å². The van der Waals surface area contributed by atoms with Crippen LogP contribution in [0.15, 0.2) is 18.2 Å². The molecule has 2 aliphatic rings. The van der Waals surface area contributed by atoms with Gasteiger partial charge in [0.2, 0.25) is 0 Å². The van der Waals surface area contributed by atoms with Gasteiger partial charge in [0.15, 0.2) is 0 Å². The maximum atomic E-state index is 5.77. The quantitative estimate of drug-likeness (QED) is 0.903. The normalized spacial score (nSPS) is 21.4. The van der Waals surface area contributed by atoms with E-state index in [4.69, 9.17) is 4.74 Å². The number of ether oxygens (including phenoxy) is 1. The molecule has 0 amide bonds. The Hall–Kier alpha value is -0.770. The summed E-state index contributed by atoms with van der Waals surface area (Å²) in [5, 5.41) is 3.52. The van der Waals surface area contributed by atoms with Gasteiger partial charge in [0.25, 0.3) is 0 Å². The highest BCUT2D eigenvalue weighted by atomic mass is 35.5. The number of rotatable bonds is 2. The Labute approximate surface area is 121 Å². The molecule has 19 heavy (non-hydrogen) atoms. The van der Waals surface area contributed by atoms with Crippen LogP contribution in [0.1, 0.15) is 25.0 Å². The number of para-hydroxylation sites is 1. The third kappa shape index (κ3) is 3.22. The minimum absolute atomic E-state index is 0. The first kappa shape index (κ1) is 14.6. The minimum atomic E-state index is -0.0103. The third-order valence-electron chi connectivity index (χ3n) is 3.83. The van der Waals surface area contributed by atoms with E-state index in [1.54, 1.807) is 0 Å². The Morgan fingerprint density at radius 1 is 1.37 bits per heavy atom. The Kier molecular flexibility index (Phi) is 4.39. The predicted molar refractivity (Wildman–Crippen MR) is 81.2 cm³/mol. The van der Waals surface area contributed by atoms with Crippen molar-refractivity contribution in [2.45, 2.75) is 32.4 Å². The van der Waals surface area contributed by atoms with E-state index < -0.39 is 0 Å². The fourth-order valence-corrected chi connectivity index (χ4v) is 3.03. The molecular weight excluding hydrogens is 260 g/mol. The third-order valence-corrected chi connectivity index (χ3v) is 3.83. The zero-order chi connectivity index (χ0) is 12.6. The van der Waals surface area contributed by atoms with Crippen molar-refractivity contribution in [1.29, 1.82) is 0 Å². The lowest BCUT2D eigenvalue weighted by molar-refractivity contribution is -0.0882. The highest BCUT2D eigenvalue weighted by molar-refractivity contribution is 5.85. The highest BCUT2D eigenvalue weighted by Crippen LogP contribution is 2.28. The molecule has 0 aromatic heterocycles. The van der Waals surface area contributed by atoms with Crippen LogP contribution in [0.3, 0.4) is 0 Å². The SMILES string of the molecule is CC1(C)CN(Cc2cccc3c2NCC3)CCO1.Cl. The Morgan fingerprint density at radius 2 is 2.21 bits per heavy atom. The second kappa shape index (κ2) is 5.70. The maximum absolute atomic E-state index is 5.77. The fourth-order valence-electron chi connectivity index (χ4n) is 3.03. The van der Waals surface area contributed by atoms with E-state index in [1.165, 1.54) is 16.8 Å². The lowest BCUT2D eigenvalue weighted by Gasteiger charge is -2.38. The van der Waals surface area contributed by atoms with Gasteiger partial charge in [-0.3, -0.25) is 4.90 Å².